The number of benzene rings is 2. The molecule has 4 heteroatoms. The van der Waals surface area contributed by atoms with Crippen molar-refractivity contribution in [2.45, 2.75) is 6.61 Å². The number of halogens is 2. The minimum Gasteiger partial charge on any atom is -0.489 e. The fourth-order valence-electron chi connectivity index (χ4n) is 1.38. The summed E-state index contributed by atoms with van der Waals surface area (Å²) in [7, 11) is 0. The predicted molar refractivity (Wildman–Crippen MR) is 69.3 cm³/mol. The molecular weight excluding hydrogens is 285 g/mol. The zero-order chi connectivity index (χ0) is 12.3. The number of rotatable bonds is 3. The highest BCUT2D eigenvalue weighted by Crippen LogP contribution is 2.21. The molecule has 88 valence electrons. The minimum atomic E-state index is -0.273. The van der Waals surface area contributed by atoms with Gasteiger partial charge < -0.3 is 10.5 Å². The van der Waals surface area contributed by atoms with E-state index in [1.807, 2.05) is 18.2 Å². The Bertz CT molecular complexity index is 513. The van der Waals surface area contributed by atoms with Crippen molar-refractivity contribution < 1.29 is 9.13 Å². The van der Waals surface area contributed by atoms with Crippen molar-refractivity contribution in [3.05, 3.63) is 58.3 Å². The molecule has 2 rings (SSSR count). The third-order valence-electron chi connectivity index (χ3n) is 2.28. The second-order valence-corrected chi connectivity index (χ2v) is 4.45. The molecule has 0 aromatic heterocycles. The van der Waals surface area contributed by atoms with Gasteiger partial charge in [-0.2, -0.15) is 0 Å². The van der Waals surface area contributed by atoms with Crippen molar-refractivity contribution in [3.63, 3.8) is 0 Å². The highest BCUT2D eigenvalue weighted by molar-refractivity contribution is 9.10. The molecule has 0 amide bonds. The normalized spacial score (nSPS) is 10.2. The number of ether oxygens (including phenoxy) is 1. The number of nitrogen functional groups attached to an aromatic ring is 1. The highest BCUT2D eigenvalue weighted by atomic mass is 79.9. The van der Waals surface area contributed by atoms with E-state index in [4.69, 9.17) is 10.5 Å². The Kier molecular flexibility index (Phi) is 3.64. The zero-order valence-corrected chi connectivity index (χ0v) is 10.6. The van der Waals surface area contributed by atoms with Crippen LogP contribution in [0.25, 0.3) is 0 Å². The molecule has 0 fully saturated rings. The van der Waals surface area contributed by atoms with E-state index in [0.29, 0.717) is 18.0 Å². The molecule has 0 heterocycles. The summed E-state index contributed by atoms with van der Waals surface area (Å²) in [4.78, 5) is 0. The van der Waals surface area contributed by atoms with Crippen LogP contribution in [0.2, 0.25) is 0 Å². The average Bonchev–Trinajstić information content (AvgIpc) is 2.33. The van der Waals surface area contributed by atoms with Gasteiger partial charge in [0, 0.05) is 10.2 Å². The second-order valence-electron chi connectivity index (χ2n) is 3.60. The van der Waals surface area contributed by atoms with Crippen molar-refractivity contribution in [3.8, 4) is 5.75 Å². The first-order valence-corrected chi connectivity index (χ1v) is 5.87. The van der Waals surface area contributed by atoms with Gasteiger partial charge >= 0.3 is 0 Å². The van der Waals surface area contributed by atoms with Crippen molar-refractivity contribution in [2.24, 2.45) is 0 Å². The van der Waals surface area contributed by atoms with E-state index in [2.05, 4.69) is 15.9 Å². The molecule has 0 bridgehead atoms. The van der Waals surface area contributed by atoms with Gasteiger partial charge in [-0.15, -0.1) is 0 Å². The molecule has 0 spiro atoms. The molecule has 0 saturated carbocycles. The Balaban J connectivity index is 2.02. The van der Waals surface area contributed by atoms with Gasteiger partial charge in [-0.3, -0.25) is 0 Å². The lowest BCUT2D eigenvalue weighted by Gasteiger charge is -2.07. The van der Waals surface area contributed by atoms with Crippen LogP contribution in [0.15, 0.2) is 46.9 Å². The van der Waals surface area contributed by atoms with E-state index < -0.39 is 0 Å². The topological polar surface area (TPSA) is 35.2 Å². The van der Waals surface area contributed by atoms with Crippen molar-refractivity contribution >= 4 is 21.6 Å². The molecule has 2 nitrogen and oxygen atoms in total. The molecule has 17 heavy (non-hydrogen) atoms. The van der Waals surface area contributed by atoms with Gasteiger partial charge in [-0.1, -0.05) is 6.07 Å². The summed E-state index contributed by atoms with van der Waals surface area (Å²) in [6.07, 6.45) is 0. The molecule has 0 atom stereocenters. The van der Waals surface area contributed by atoms with Crippen molar-refractivity contribution in [2.75, 3.05) is 5.73 Å². The summed E-state index contributed by atoms with van der Waals surface area (Å²) >= 11 is 3.33. The first kappa shape index (κ1) is 11.9. The summed E-state index contributed by atoms with van der Waals surface area (Å²) in [6, 6.07) is 11.6. The standard InChI is InChI=1S/C13H11BrFNO/c14-12-6-1-9(7-13(12)16)8-17-11-4-2-10(15)3-5-11/h1-7H,8,16H2. The van der Waals surface area contributed by atoms with E-state index in [1.54, 1.807) is 12.1 Å². The molecule has 2 aromatic carbocycles. The van der Waals surface area contributed by atoms with E-state index >= 15 is 0 Å². The fraction of sp³-hybridized carbons (Fsp3) is 0.0769. The minimum absolute atomic E-state index is 0.273. The zero-order valence-electron chi connectivity index (χ0n) is 8.99. The lowest BCUT2D eigenvalue weighted by Crippen LogP contribution is -1.97. The third-order valence-corrected chi connectivity index (χ3v) is 3.00. The first-order valence-electron chi connectivity index (χ1n) is 5.07. The quantitative estimate of drug-likeness (QED) is 0.875. The maximum absolute atomic E-state index is 12.7. The van der Waals surface area contributed by atoms with Gasteiger partial charge in [0.2, 0.25) is 0 Å². The van der Waals surface area contributed by atoms with Gasteiger partial charge in [-0.25, -0.2) is 4.39 Å². The molecular formula is C13H11BrFNO. The molecule has 2 N–H and O–H groups in total. The van der Waals surface area contributed by atoms with Gasteiger partial charge in [0.25, 0.3) is 0 Å². The molecule has 0 aliphatic rings. The summed E-state index contributed by atoms with van der Waals surface area (Å²) in [6.45, 7) is 0.406. The monoisotopic (exact) mass is 295 g/mol. The van der Waals surface area contributed by atoms with E-state index in [9.17, 15) is 4.39 Å². The van der Waals surface area contributed by atoms with Gasteiger partial charge in [0.15, 0.2) is 0 Å². The Morgan fingerprint density at radius 1 is 1.12 bits per heavy atom. The third kappa shape index (κ3) is 3.20. The molecule has 0 saturated heterocycles. The molecule has 0 aliphatic carbocycles. The van der Waals surface area contributed by atoms with Crippen LogP contribution in [-0.2, 0) is 6.61 Å². The largest absolute Gasteiger partial charge is 0.489 e. The summed E-state index contributed by atoms with van der Waals surface area (Å²) < 4.78 is 19.0. The molecule has 0 unspecified atom stereocenters. The summed E-state index contributed by atoms with van der Waals surface area (Å²) in [5.74, 6) is 0.359. The lowest BCUT2D eigenvalue weighted by atomic mass is 10.2. The summed E-state index contributed by atoms with van der Waals surface area (Å²) in [5, 5.41) is 0. The van der Waals surface area contributed by atoms with Crippen LogP contribution < -0.4 is 10.5 Å². The van der Waals surface area contributed by atoms with Gasteiger partial charge in [0.05, 0.1) is 0 Å². The number of hydrogen-bond acceptors (Lipinski definition) is 2. The van der Waals surface area contributed by atoms with Crippen LogP contribution >= 0.6 is 15.9 Å². The van der Waals surface area contributed by atoms with Crippen LogP contribution in [0.4, 0.5) is 10.1 Å². The Morgan fingerprint density at radius 3 is 2.47 bits per heavy atom. The maximum Gasteiger partial charge on any atom is 0.123 e. The Labute approximate surface area is 107 Å². The fourth-order valence-corrected chi connectivity index (χ4v) is 1.63. The van der Waals surface area contributed by atoms with E-state index in [-0.39, 0.29) is 5.82 Å². The van der Waals surface area contributed by atoms with Crippen LogP contribution in [0.5, 0.6) is 5.75 Å². The van der Waals surface area contributed by atoms with Crippen LogP contribution in [0.3, 0.4) is 0 Å². The van der Waals surface area contributed by atoms with E-state index in [1.165, 1.54) is 12.1 Å². The Morgan fingerprint density at radius 2 is 1.82 bits per heavy atom. The molecule has 0 radical (unpaired) electrons. The smallest absolute Gasteiger partial charge is 0.123 e. The number of anilines is 1. The van der Waals surface area contributed by atoms with Crippen molar-refractivity contribution in [1.82, 2.24) is 0 Å². The number of nitrogens with two attached hydrogens (primary N) is 1. The lowest BCUT2D eigenvalue weighted by molar-refractivity contribution is 0.306. The molecule has 2 aromatic rings. The highest BCUT2D eigenvalue weighted by Gasteiger charge is 2.00. The van der Waals surface area contributed by atoms with Crippen LogP contribution in [0.1, 0.15) is 5.56 Å². The van der Waals surface area contributed by atoms with Crippen LogP contribution in [-0.4, -0.2) is 0 Å². The Hall–Kier alpha value is -1.55. The SMILES string of the molecule is Nc1cc(COc2ccc(F)cc2)ccc1Br. The predicted octanol–water partition coefficient (Wildman–Crippen LogP) is 3.75. The van der Waals surface area contributed by atoms with Gasteiger partial charge in [-0.05, 0) is 57.9 Å². The molecule has 0 aliphatic heterocycles. The summed E-state index contributed by atoms with van der Waals surface area (Å²) in [5.41, 5.74) is 7.40. The van der Waals surface area contributed by atoms with Crippen LogP contribution in [0, 0.1) is 5.82 Å². The first-order chi connectivity index (χ1) is 8.15. The maximum atomic E-state index is 12.7. The van der Waals surface area contributed by atoms with E-state index in [0.717, 1.165) is 10.0 Å². The van der Waals surface area contributed by atoms with Gasteiger partial charge in [0.1, 0.15) is 18.2 Å². The average molecular weight is 296 g/mol. The second kappa shape index (κ2) is 5.19. The van der Waals surface area contributed by atoms with Crippen molar-refractivity contribution in [1.29, 1.82) is 0 Å². The number of hydrogen-bond donors (Lipinski definition) is 1.